The van der Waals surface area contributed by atoms with Crippen molar-refractivity contribution in [2.45, 2.75) is 32.2 Å². The molecule has 21 heavy (non-hydrogen) atoms. The van der Waals surface area contributed by atoms with E-state index in [2.05, 4.69) is 10.3 Å². The maximum absolute atomic E-state index is 12.3. The minimum Gasteiger partial charge on any atom is -0.399 e. The summed E-state index contributed by atoms with van der Waals surface area (Å²) in [5, 5.41) is 3.14. The third-order valence-electron chi connectivity index (χ3n) is 3.99. The highest BCUT2D eigenvalue weighted by atomic mass is 35.5. The second-order valence-corrected chi connectivity index (χ2v) is 5.39. The fourth-order valence-corrected chi connectivity index (χ4v) is 2.92. The lowest BCUT2D eigenvalue weighted by molar-refractivity contribution is 0.0932. The van der Waals surface area contributed by atoms with Crippen LogP contribution < -0.4 is 11.1 Å². The Morgan fingerprint density at radius 3 is 2.90 bits per heavy atom. The molecule has 1 aromatic carbocycles. The van der Waals surface area contributed by atoms with Gasteiger partial charge < -0.3 is 16.0 Å². The summed E-state index contributed by atoms with van der Waals surface area (Å²) in [5.41, 5.74) is 10.7. The fraction of sp³-hybridized carbons (Fsp3) is 0.312. The first kappa shape index (κ1) is 15.4. The summed E-state index contributed by atoms with van der Waals surface area (Å²) < 4.78 is 0. The largest absolute Gasteiger partial charge is 0.399 e. The highest BCUT2D eigenvalue weighted by Gasteiger charge is 2.23. The monoisotopic (exact) mass is 305 g/mol. The third-order valence-corrected chi connectivity index (χ3v) is 3.99. The predicted octanol–water partition coefficient (Wildman–Crippen LogP) is 3.13. The quantitative estimate of drug-likeness (QED) is 0.746. The zero-order valence-corrected chi connectivity index (χ0v) is 12.8. The number of anilines is 1. The topological polar surface area (TPSA) is 70.9 Å². The summed E-state index contributed by atoms with van der Waals surface area (Å²) in [7, 11) is 0. The molecule has 3 rings (SSSR count). The first-order valence-electron chi connectivity index (χ1n) is 6.98. The van der Waals surface area contributed by atoms with E-state index in [1.807, 2.05) is 31.2 Å². The average molecular weight is 306 g/mol. The van der Waals surface area contributed by atoms with E-state index >= 15 is 0 Å². The SMILES string of the molecule is Cc1[nH]ccc1C(=O)NC1CCCc2cc(N)ccc21.Cl. The lowest BCUT2D eigenvalue weighted by Crippen LogP contribution is -2.31. The van der Waals surface area contributed by atoms with Crippen LogP contribution in [0, 0.1) is 6.92 Å². The minimum atomic E-state index is -0.0153. The predicted molar refractivity (Wildman–Crippen MR) is 86.8 cm³/mol. The van der Waals surface area contributed by atoms with Gasteiger partial charge in [0.15, 0.2) is 0 Å². The number of aromatic nitrogens is 1. The van der Waals surface area contributed by atoms with Gasteiger partial charge in [0.05, 0.1) is 11.6 Å². The Morgan fingerprint density at radius 2 is 2.19 bits per heavy atom. The van der Waals surface area contributed by atoms with Crippen molar-refractivity contribution < 1.29 is 4.79 Å². The number of amides is 1. The smallest absolute Gasteiger partial charge is 0.253 e. The van der Waals surface area contributed by atoms with Crippen molar-refractivity contribution >= 4 is 24.0 Å². The van der Waals surface area contributed by atoms with Crippen LogP contribution in [0.3, 0.4) is 0 Å². The Bertz CT molecular complexity index is 651. The molecule has 0 fully saturated rings. The second-order valence-electron chi connectivity index (χ2n) is 5.39. The summed E-state index contributed by atoms with van der Waals surface area (Å²) in [6, 6.07) is 7.87. The normalized spacial score (nSPS) is 16.7. The molecule has 5 heteroatoms. The number of benzene rings is 1. The van der Waals surface area contributed by atoms with Gasteiger partial charge in [0.2, 0.25) is 0 Å². The molecule has 0 saturated carbocycles. The molecule has 4 nitrogen and oxygen atoms in total. The zero-order valence-electron chi connectivity index (χ0n) is 12.0. The molecule has 0 radical (unpaired) electrons. The standard InChI is InChI=1S/C16H19N3O.ClH/c1-10-13(7-8-18-10)16(20)19-15-4-2-3-11-9-12(17)5-6-14(11)15;/h5-9,15,18H,2-4,17H2,1H3,(H,19,20);1H. The summed E-state index contributed by atoms with van der Waals surface area (Å²) in [5.74, 6) is -0.0153. The number of carbonyl (C=O) groups is 1. The van der Waals surface area contributed by atoms with E-state index < -0.39 is 0 Å². The van der Waals surface area contributed by atoms with E-state index in [9.17, 15) is 4.79 Å². The number of nitrogens with two attached hydrogens (primary N) is 1. The van der Waals surface area contributed by atoms with Crippen LogP contribution in [0.15, 0.2) is 30.5 Å². The molecule has 0 aliphatic heterocycles. The molecule has 0 bridgehead atoms. The number of H-pyrrole nitrogens is 1. The fourth-order valence-electron chi connectivity index (χ4n) is 2.92. The van der Waals surface area contributed by atoms with Crippen LogP contribution in [0.1, 0.15) is 46.1 Å². The number of nitrogen functional groups attached to an aromatic ring is 1. The van der Waals surface area contributed by atoms with Gasteiger partial charge in [0.1, 0.15) is 0 Å². The van der Waals surface area contributed by atoms with Gasteiger partial charge in [0.25, 0.3) is 5.91 Å². The van der Waals surface area contributed by atoms with E-state index in [0.29, 0.717) is 5.56 Å². The van der Waals surface area contributed by atoms with Crippen LogP contribution in [-0.2, 0) is 6.42 Å². The van der Waals surface area contributed by atoms with E-state index in [4.69, 9.17) is 5.73 Å². The number of fused-ring (bicyclic) bond motifs is 1. The van der Waals surface area contributed by atoms with Crippen molar-refractivity contribution in [2.75, 3.05) is 5.73 Å². The van der Waals surface area contributed by atoms with Gasteiger partial charge in [-0.15, -0.1) is 12.4 Å². The molecule has 1 atom stereocenters. The van der Waals surface area contributed by atoms with E-state index in [0.717, 1.165) is 30.6 Å². The van der Waals surface area contributed by atoms with Crippen molar-refractivity contribution in [1.29, 1.82) is 0 Å². The number of rotatable bonds is 2. The van der Waals surface area contributed by atoms with Crippen LogP contribution in [0.2, 0.25) is 0 Å². The van der Waals surface area contributed by atoms with E-state index in [1.165, 1.54) is 11.1 Å². The number of nitrogens with one attached hydrogen (secondary N) is 2. The summed E-state index contributed by atoms with van der Waals surface area (Å²) in [6.45, 7) is 1.91. The second kappa shape index (κ2) is 6.22. The van der Waals surface area contributed by atoms with Gasteiger partial charge in [-0.1, -0.05) is 6.07 Å². The molecule has 4 N–H and O–H groups in total. The number of aromatic amines is 1. The van der Waals surface area contributed by atoms with Crippen LogP contribution in [0.4, 0.5) is 5.69 Å². The maximum Gasteiger partial charge on any atom is 0.253 e. The maximum atomic E-state index is 12.3. The van der Waals surface area contributed by atoms with E-state index in [-0.39, 0.29) is 24.4 Å². The molecule has 0 saturated heterocycles. The molecule has 1 amide bonds. The van der Waals surface area contributed by atoms with Gasteiger partial charge in [-0.25, -0.2) is 0 Å². The van der Waals surface area contributed by atoms with Crippen LogP contribution >= 0.6 is 12.4 Å². The molecule has 1 aliphatic carbocycles. The molecule has 2 aromatic rings. The zero-order chi connectivity index (χ0) is 14.1. The lowest BCUT2D eigenvalue weighted by Gasteiger charge is -2.26. The highest BCUT2D eigenvalue weighted by molar-refractivity contribution is 5.95. The number of hydrogen-bond donors (Lipinski definition) is 3. The number of hydrogen-bond acceptors (Lipinski definition) is 2. The van der Waals surface area contributed by atoms with Crippen LogP contribution in [0.5, 0.6) is 0 Å². The van der Waals surface area contributed by atoms with Gasteiger partial charge >= 0.3 is 0 Å². The summed E-state index contributed by atoms with van der Waals surface area (Å²) >= 11 is 0. The lowest BCUT2D eigenvalue weighted by atomic mass is 9.87. The Labute approximate surface area is 130 Å². The van der Waals surface area contributed by atoms with Crippen molar-refractivity contribution in [2.24, 2.45) is 0 Å². The van der Waals surface area contributed by atoms with E-state index in [1.54, 1.807) is 6.20 Å². The van der Waals surface area contributed by atoms with Gasteiger partial charge in [-0.3, -0.25) is 4.79 Å². The average Bonchev–Trinajstić information content (AvgIpc) is 2.85. The first-order valence-corrected chi connectivity index (χ1v) is 6.98. The Hall–Kier alpha value is -1.94. The van der Waals surface area contributed by atoms with Gasteiger partial charge in [-0.05, 0) is 55.5 Å². The molecule has 0 spiro atoms. The molecule has 1 aliphatic rings. The first-order chi connectivity index (χ1) is 9.65. The van der Waals surface area contributed by atoms with Crippen molar-refractivity contribution in [3.8, 4) is 0 Å². The summed E-state index contributed by atoms with van der Waals surface area (Å²) in [4.78, 5) is 15.4. The minimum absolute atomic E-state index is 0. The van der Waals surface area contributed by atoms with Crippen molar-refractivity contribution in [3.05, 3.63) is 52.8 Å². The van der Waals surface area contributed by atoms with Crippen LogP contribution in [0.25, 0.3) is 0 Å². The molecular weight excluding hydrogens is 286 g/mol. The molecule has 1 heterocycles. The van der Waals surface area contributed by atoms with Crippen molar-refractivity contribution in [1.82, 2.24) is 10.3 Å². The van der Waals surface area contributed by atoms with Gasteiger partial charge in [0, 0.05) is 17.6 Å². The molecule has 1 aromatic heterocycles. The Kier molecular flexibility index (Phi) is 4.58. The van der Waals surface area contributed by atoms with Gasteiger partial charge in [-0.2, -0.15) is 0 Å². The number of carbonyl (C=O) groups excluding carboxylic acids is 1. The number of aryl methyl sites for hydroxylation is 2. The molecular formula is C16H20ClN3O. The third kappa shape index (κ3) is 3.05. The van der Waals surface area contributed by atoms with Crippen molar-refractivity contribution in [3.63, 3.8) is 0 Å². The summed E-state index contributed by atoms with van der Waals surface area (Å²) in [6.07, 6.45) is 4.88. The molecule has 112 valence electrons. The molecule has 1 unspecified atom stereocenters. The number of halogens is 1. The highest BCUT2D eigenvalue weighted by Crippen LogP contribution is 2.31. The Balaban J connectivity index is 0.00000161. The van der Waals surface area contributed by atoms with Crippen LogP contribution in [-0.4, -0.2) is 10.9 Å². The Morgan fingerprint density at radius 1 is 1.38 bits per heavy atom.